The highest BCUT2D eigenvalue weighted by Crippen LogP contribution is 2.30. The van der Waals surface area contributed by atoms with Gasteiger partial charge in [0, 0.05) is 38.1 Å². The van der Waals surface area contributed by atoms with Crippen LogP contribution in [0.3, 0.4) is 0 Å². The van der Waals surface area contributed by atoms with E-state index in [0.29, 0.717) is 23.9 Å². The summed E-state index contributed by atoms with van der Waals surface area (Å²) in [6.45, 7) is 8.80. The lowest BCUT2D eigenvalue weighted by molar-refractivity contribution is 0.482. The van der Waals surface area contributed by atoms with Crippen molar-refractivity contribution in [2.75, 3.05) is 36.7 Å². The number of rotatable bonds is 10. The van der Waals surface area contributed by atoms with Crippen LogP contribution in [0.5, 0.6) is 11.5 Å². The van der Waals surface area contributed by atoms with Crippen molar-refractivity contribution < 1.29 is 4.74 Å². The predicted octanol–water partition coefficient (Wildman–Crippen LogP) is 4.91. The molecule has 0 atom stereocenters. The third-order valence-electron chi connectivity index (χ3n) is 4.45. The van der Waals surface area contributed by atoms with Crippen molar-refractivity contribution in [1.29, 1.82) is 0 Å². The number of nitrogen functional groups attached to an aromatic ring is 1. The van der Waals surface area contributed by atoms with E-state index in [4.69, 9.17) is 10.5 Å². The third kappa shape index (κ3) is 6.60. The molecule has 2 aromatic rings. The number of benzene rings is 1. The van der Waals surface area contributed by atoms with Crippen molar-refractivity contribution in [3.05, 3.63) is 72.6 Å². The van der Waals surface area contributed by atoms with Crippen molar-refractivity contribution in [3.63, 3.8) is 0 Å². The lowest BCUT2D eigenvalue weighted by Crippen LogP contribution is -2.30. The summed E-state index contributed by atoms with van der Waals surface area (Å²) in [5, 5.41) is 6.28. The highest BCUT2D eigenvalue weighted by atomic mass is 16.5. The van der Waals surface area contributed by atoms with Gasteiger partial charge in [-0.25, -0.2) is 4.98 Å². The smallest absolute Gasteiger partial charge is 0.132 e. The fraction of sp³-hybridized carbons (Fsp3) is 0.261. The molecular weight excluding hydrogens is 362 g/mol. The first-order chi connectivity index (χ1) is 14.0. The van der Waals surface area contributed by atoms with Gasteiger partial charge < -0.3 is 26.0 Å². The van der Waals surface area contributed by atoms with E-state index in [0.717, 1.165) is 23.6 Å². The van der Waals surface area contributed by atoms with Gasteiger partial charge >= 0.3 is 0 Å². The minimum atomic E-state index is 0.584. The maximum Gasteiger partial charge on any atom is 0.132 e. The number of aromatic nitrogens is 1. The molecular formula is C23H31N5O. The minimum absolute atomic E-state index is 0.584. The third-order valence-corrected chi connectivity index (χ3v) is 4.45. The molecule has 0 unspecified atom stereocenters. The summed E-state index contributed by atoms with van der Waals surface area (Å²) < 4.78 is 5.89. The largest absolute Gasteiger partial charge is 0.457 e. The van der Waals surface area contributed by atoms with E-state index in [1.165, 1.54) is 5.57 Å². The van der Waals surface area contributed by atoms with Crippen molar-refractivity contribution in [2.24, 2.45) is 0 Å². The Morgan fingerprint density at radius 1 is 1.24 bits per heavy atom. The molecule has 0 amide bonds. The summed E-state index contributed by atoms with van der Waals surface area (Å²) >= 11 is 0. The second kappa shape index (κ2) is 10.8. The Hall–Kier alpha value is -3.41. The van der Waals surface area contributed by atoms with Crippen LogP contribution in [0.1, 0.15) is 20.3 Å². The average molecular weight is 394 g/mol. The standard InChI is InChI=1S/C23H31N5O/c1-6-18(7-2)9-8-17(3)27-16-28(5)22-11-10-19(14-21(22)24)29-20-12-13-26-23(15-20)25-4/h6,8-15,27H,3,7,16,24H2,1-2,4-5H3,(H,25,26)/b9-8-,18-6-. The van der Waals surface area contributed by atoms with Gasteiger partial charge in [0.15, 0.2) is 0 Å². The van der Waals surface area contributed by atoms with E-state index in [2.05, 4.69) is 41.3 Å². The van der Waals surface area contributed by atoms with E-state index in [1.54, 1.807) is 12.3 Å². The summed E-state index contributed by atoms with van der Waals surface area (Å²) in [6.07, 6.45) is 8.86. The van der Waals surface area contributed by atoms with E-state index in [9.17, 15) is 0 Å². The van der Waals surface area contributed by atoms with Crippen LogP contribution >= 0.6 is 0 Å². The number of hydrogen-bond donors (Lipinski definition) is 3. The minimum Gasteiger partial charge on any atom is -0.457 e. The zero-order valence-electron chi connectivity index (χ0n) is 17.7. The van der Waals surface area contributed by atoms with Crippen LogP contribution in [-0.4, -0.2) is 25.7 Å². The molecule has 4 N–H and O–H groups in total. The number of anilines is 3. The number of nitrogens with zero attached hydrogens (tertiary/aromatic N) is 2. The van der Waals surface area contributed by atoms with E-state index in [1.807, 2.05) is 56.3 Å². The number of ether oxygens (including phenoxy) is 1. The molecule has 1 heterocycles. The molecule has 0 spiro atoms. The van der Waals surface area contributed by atoms with Crippen LogP contribution < -0.4 is 26.0 Å². The summed E-state index contributed by atoms with van der Waals surface area (Å²) in [5.74, 6) is 2.11. The fourth-order valence-corrected chi connectivity index (χ4v) is 2.68. The molecule has 6 nitrogen and oxygen atoms in total. The highest BCUT2D eigenvalue weighted by Gasteiger charge is 2.08. The van der Waals surface area contributed by atoms with Crippen LogP contribution in [0.25, 0.3) is 0 Å². The first kappa shape index (κ1) is 21.9. The number of allylic oxidation sites excluding steroid dienone is 4. The molecule has 0 aliphatic carbocycles. The van der Waals surface area contributed by atoms with Crippen molar-refractivity contribution in [3.8, 4) is 11.5 Å². The van der Waals surface area contributed by atoms with Gasteiger partial charge in [-0.05, 0) is 37.6 Å². The Morgan fingerprint density at radius 2 is 2.00 bits per heavy atom. The molecule has 6 heteroatoms. The molecule has 1 aromatic heterocycles. The molecule has 29 heavy (non-hydrogen) atoms. The average Bonchev–Trinajstić information content (AvgIpc) is 2.73. The van der Waals surface area contributed by atoms with Crippen LogP contribution in [0.2, 0.25) is 0 Å². The summed E-state index contributed by atoms with van der Waals surface area (Å²) in [6, 6.07) is 9.30. The molecule has 1 aromatic carbocycles. The number of nitrogens with one attached hydrogen (secondary N) is 2. The fourth-order valence-electron chi connectivity index (χ4n) is 2.68. The quantitative estimate of drug-likeness (QED) is 0.303. The molecule has 0 bridgehead atoms. The summed E-state index contributed by atoms with van der Waals surface area (Å²) in [4.78, 5) is 6.20. The highest BCUT2D eigenvalue weighted by molar-refractivity contribution is 5.69. The molecule has 2 rings (SSSR count). The van der Waals surface area contributed by atoms with Crippen LogP contribution in [0.15, 0.2) is 72.6 Å². The van der Waals surface area contributed by atoms with Gasteiger partial charge in [-0.2, -0.15) is 0 Å². The van der Waals surface area contributed by atoms with Gasteiger partial charge in [0.05, 0.1) is 18.0 Å². The zero-order valence-corrected chi connectivity index (χ0v) is 17.7. The monoisotopic (exact) mass is 393 g/mol. The van der Waals surface area contributed by atoms with E-state index < -0.39 is 0 Å². The Bertz CT molecular complexity index is 889. The Morgan fingerprint density at radius 3 is 2.66 bits per heavy atom. The molecule has 154 valence electrons. The molecule has 0 fully saturated rings. The second-order valence-electron chi connectivity index (χ2n) is 6.56. The molecule has 0 saturated heterocycles. The van der Waals surface area contributed by atoms with Crippen LogP contribution in [0.4, 0.5) is 17.2 Å². The van der Waals surface area contributed by atoms with Gasteiger partial charge in [-0.15, -0.1) is 0 Å². The lowest BCUT2D eigenvalue weighted by Gasteiger charge is -2.22. The number of nitrogens with two attached hydrogens (primary N) is 1. The van der Waals surface area contributed by atoms with E-state index >= 15 is 0 Å². The van der Waals surface area contributed by atoms with Gasteiger partial charge in [-0.3, -0.25) is 0 Å². The topological polar surface area (TPSA) is 75.4 Å². The van der Waals surface area contributed by atoms with Gasteiger partial charge in [0.25, 0.3) is 0 Å². The van der Waals surface area contributed by atoms with Gasteiger partial charge in [0.1, 0.15) is 17.3 Å². The van der Waals surface area contributed by atoms with Gasteiger partial charge in [0.2, 0.25) is 0 Å². The van der Waals surface area contributed by atoms with Crippen molar-refractivity contribution in [1.82, 2.24) is 10.3 Å². The SMILES string of the molecule is C=C(/C=C\C(=C/C)CC)NCN(C)c1ccc(Oc2ccnc(NC)c2)cc1N. The van der Waals surface area contributed by atoms with E-state index in [-0.39, 0.29) is 0 Å². The second-order valence-corrected chi connectivity index (χ2v) is 6.56. The lowest BCUT2D eigenvalue weighted by atomic mass is 10.2. The zero-order chi connectivity index (χ0) is 21.2. The Labute approximate surface area is 173 Å². The normalized spacial score (nSPS) is 11.4. The Balaban J connectivity index is 1.97. The van der Waals surface area contributed by atoms with Crippen molar-refractivity contribution in [2.45, 2.75) is 20.3 Å². The van der Waals surface area contributed by atoms with Crippen LogP contribution in [0, 0.1) is 0 Å². The predicted molar refractivity (Wildman–Crippen MR) is 123 cm³/mol. The molecule has 0 aliphatic rings. The van der Waals surface area contributed by atoms with Crippen molar-refractivity contribution >= 4 is 17.2 Å². The maximum atomic E-state index is 6.25. The number of hydrogen-bond acceptors (Lipinski definition) is 6. The molecule has 0 saturated carbocycles. The van der Waals surface area contributed by atoms with Crippen LogP contribution in [-0.2, 0) is 0 Å². The first-order valence-electron chi connectivity index (χ1n) is 9.65. The Kier molecular flexibility index (Phi) is 8.15. The molecule has 0 radical (unpaired) electrons. The number of pyridine rings is 1. The summed E-state index contributed by atoms with van der Waals surface area (Å²) in [5.41, 5.74) is 9.93. The first-order valence-corrected chi connectivity index (χ1v) is 9.65. The maximum absolute atomic E-state index is 6.25. The molecule has 0 aliphatic heterocycles. The summed E-state index contributed by atoms with van der Waals surface area (Å²) in [7, 11) is 3.79. The van der Waals surface area contributed by atoms with Gasteiger partial charge in [-0.1, -0.05) is 31.2 Å².